The van der Waals surface area contributed by atoms with E-state index in [1.165, 1.54) is 4.88 Å². The van der Waals surface area contributed by atoms with E-state index in [0.29, 0.717) is 6.54 Å². The second kappa shape index (κ2) is 6.35. The van der Waals surface area contributed by atoms with Gasteiger partial charge in [0.25, 0.3) is 0 Å². The molecule has 2 heterocycles. The van der Waals surface area contributed by atoms with E-state index in [2.05, 4.69) is 17.2 Å². The van der Waals surface area contributed by atoms with Crippen LogP contribution in [0.4, 0.5) is 0 Å². The number of amides is 2. The van der Waals surface area contributed by atoms with E-state index in [9.17, 15) is 9.59 Å². The molecule has 1 aromatic rings. The molecular formula is C14H21N3O2S. The maximum atomic E-state index is 12.4. The van der Waals surface area contributed by atoms with Crippen LogP contribution in [0.1, 0.15) is 37.1 Å². The van der Waals surface area contributed by atoms with E-state index in [1.54, 1.807) is 16.2 Å². The molecule has 0 radical (unpaired) electrons. The minimum atomic E-state index is -0.396. The number of hydrogen-bond acceptors (Lipinski definition) is 4. The summed E-state index contributed by atoms with van der Waals surface area (Å²) in [6.07, 6.45) is 3.66. The Morgan fingerprint density at radius 2 is 2.25 bits per heavy atom. The first-order valence-electron chi connectivity index (χ1n) is 7.06. The molecule has 110 valence electrons. The Balaban J connectivity index is 2.09. The van der Waals surface area contributed by atoms with Crippen LogP contribution < -0.4 is 5.32 Å². The SMILES string of the molecule is CCc1cnc(CN2CC(=O)NC(C(C)CC)C2=O)s1. The molecule has 1 aromatic heterocycles. The van der Waals surface area contributed by atoms with Gasteiger partial charge in [-0.05, 0) is 12.3 Å². The van der Waals surface area contributed by atoms with Gasteiger partial charge in [-0.3, -0.25) is 9.59 Å². The van der Waals surface area contributed by atoms with Crippen molar-refractivity contribution in [3.05, 3.63) is 16.1 Å². The molecule has 2 atom stereocenters. The molecule has 0 spiro atoms. The summed E-state index contributed by atoms with van der Waals surface area (Å²) in [6.45, 7) is 6.66. The number of thiazole rings is 1. The van der Waals surface area contributed by atoms with Gasteiger partial charge >= 0.3 is 0 Å². The fraction of sp³-hybridized carbons (Fsp3) is 0.643. The van der Waals surface area contributed by atoms with Crippen molar-refractivity contribution < 1.29 is 9.59 Å². The summed E-state index contributed by atoms with van der Waals surface area (Å²) < 4.78 is 0. The molecule has 20 heavy (non-hydrogen) atoms. The third-order valence-electron chi connectivity index (χ3n) is 3.72. The fourth-order valence-corrected chi connectivity index (χ4v) is 3.11. The van der Waals surface area contributed by atoms with E-state index >= 15 is 0 Å². The lowest BCUT2D eigenvalue weighted by molar-refractivity contribution is -0.146. The molecule has 1 aliphatic heterocycles. The minimum absolute atomic E-state index is 0.00667. The summed E-state index contributed by atoms with van der Waals surface area (Å²) in [7, 11) is 0. The first kappa shape index (κ1) is 15.0. The van der Waals surface area contributed by atoms with E-state index in [4.69, 9.17) is 0 Å². The lowest BCUT2D eigenvalue weighted by atomic mass is 9.96. The Morgan fingerprint density at radius 1 is 1.50 bits per heavy atom. The van der Waals surface area contributed by atoms with Gasteiger partial charge in [0.05, 0.1) is 6.54 Å². The van der Waals surface area contributed by atoms with E-state index < -0.39 is 6.04 Å². The molecule has 0 aromatic carbocycles. The highest BCUT2D eigenvalue weighted by Gasteiger charge is 2.35. The van der Waals surface area contributed by atoms with Crippen LogP contribution in [0.3, 0.4) is 0 Å². The first-order valence-corrected chi connectivity index (χ1v) is 7.88. The van der Waals surface area contributed by atoms with Crippen molar-refractivity contribution >= 4 is 23.2 Å². The molecule has 2 amide bonds. The number of nitrogens with one attached hydrogen (secondary N) is 1. The van der Waals surface area contributed by atoms with Crippen molar-refractivity contribution in [1.82, 2.24) is 15.2 Å². The van der Waals surface area contributed by atoms with Gasteiger partial charge in [-0.1, -0.05) is 27.2 Å². The van der Waals surface area contributed by atoms with Crippen LogP contribution >= 0.6 is 11.3 Å². The Hall–Kier alpha value is -1.43. The van der Waals surface area contributed by atoms with E-state index in [1.807, 2.05) is 20.0 Å². The highest BCUT2D eigenvalue weighted by atomic mass is 32.1. The monoisotopic (exact) mass is 295 g/mol. The predicted molar refractivity (Wildman–Crippen MR) is 78.3 cm³/mol. The van der Waals surface area contributed by atoms with Crippen molar-refractivity contribution in [1.29, 1.82) is 0 Å². The highest BCUT2D eigenvalue weighted by Crippen LogP contribution is 2.19. The number of hydrogen-bond donors (Lipinski definition) is 1. The molecule has 0 saturated carbocycles. The Morgan fingerprint density at radius 3 is 2.85 bits per heavy atom. The van der Waals surface area contributed by atoms with Gasteiger partial charge in [0, 0.05) is 11.1 Å². The molecule has 1 aliphatic rings. The largest absolute Gasteiger partial charge is 0.342 e. The fourth-order valence-electron chi connectivity index (χ4n) is 2.23. The van der Waals surface area contributed by atoms with Gasteiger partial charge in [-0.25, -0.2) is 4.98 Å². The molecule has 2 unspecified atom stereocenters. The Labute approximate surface area is 123 Å². The molecule has 6 heteroatoms. The van der Waals surface area contributed by atoms with E-state index in [-0.39, 0.29) is 24.3 Å². The number of piperazine rings is 1. The van der Waals surface area contributed by atoms with Crippen molar-refractivity contribution in [3.8, 4) is 0 Å². The van der Waals surface area contributed by atoms with Crippen LogP contribution in [0.2, 0.25) is 0 Å². The van der Waals surface area contributed by atoms with Crippen LogP contribution in [-0.4, -0.2) is 34.3 Å². The summed E-state index contributed by atoms with van der Waals surface area (Å²) in [4.78, 5) is 31.4. The van der Waals surface area contributed by atoms with Crippen LogP contribution in [0, 0.1) is 5.92 Å². The standard InChI is InChI=1S/C14H21N3O2S/c1-4-9(3)13-14(19)17(7-11(18)16-13)8-12-15-6-10(5-2)20-12/h6,9,13H,4-5,7-8H2,1-3H3,(H,16,18). The number of carbonyl (C=O) groups is 2. The summed E-state index contributed by atoms with van der Waals surface area (Å²) >= 11 is 1.61. The Bertz CT molecular complexity index is 500. The third-order valence-corrected chi connectivity index (χ3v) is 4.84. The van der Waals surface area contributed by atoms with Crippen LogP contribution in [0.5, 0.6) is 0 Å². The van der Waals surface area contributed by atoms with Gasteiger partial charge < -0.3 is 10.2 Å². The zero-order chi connectivity index (χ0) is 14.7. The molecular weight excluding hydrogens is 274 g/mol. The molecule has 2 rings (SSSR count). The summed E-state index contributed by atoms with van der Waals surface area (Å²) in [5.74, 6) is 0.0751. The number of nitrogens with zero attached hydrogens (tertiary/aromatic N) is 2. The molecule has 5 nitrogen and oxygen atoms in total. The predicted octanol–water partition coefficient (Wildman–Crippen LogP) is 1.58. The van der Waals surface area contributed by atoms with Crippen molar-refractivity contribution in [2.75, 3.05) is 6.54 Å². The average Bonchev–Trinajstić information content (AvgIpc) is 2.89. The summed E-state index contributed by atoms with van der Waals surface area (Å²) in [6, 6.07) is -0.396. The quantitative estimate of drug-likeness (QED) is 0.897. The maximum absolute atomic E-state index is 12.4. The van der Waals surface area contributed by atoms with Gasteiger partial charge in [-0.2, -0.15) is 0 Å². The van der Waals surface area contributed by atoms with E-state index in [0.717, 1.165) is 17.8 Å². The normalized spacial score (nSPS) is 20.9. The Kier molecular flexibility index (Phi) is 4.75. The van der Waals surface area contributed by atoms with Gasteiger partial charge in [0.15, 0.2) is 0 Å². The van der Waals surface area contributed by atoms with Crippen LogP contribution in [-0.2, 0) is 22.6 Å². The number of rotatable bonds is 5. The topological polar surface area (TPSA) is 62.3 Å². The summed E-state index contributed by atoms with van der Waals surface area (Å²) in [5.41, 5.74) is 0. The number of aromatic nitrogens is 1. The molecule has 1 saturated heterocycles. The first-order chi connectivity index (χ1) is 9.55. The second-order valence-electron chi connectivity index (χ2n) is 5.20. The molecule has 0 bridgehead atoms. The lowest BCUT2D eigenvalue weighted by Gasteiger charge is -2.34. The molecule has 1 fully saturated rings. The summed E-state index contributed by atoms with van der Waals surface area (Å²) in [5, 5.41) is 3.70. The highest BCUT2D eigenvalue weighted by molar-refractivity contribution is 7.11. The molecule has 0 aliphatic carbocycles. The smallest absolute Gasteiger partial charge is 0.246 e. The average molecular weight is 295 g/mol. The van der Waals surface area contributed by atoms with Gasteiger partial charge in [0.2, 0.25) is 11.8 Å². The van der Waals surface area contributed by atoms with Crippen molar-refractivity contribution in [3.63, 3.8) is 0 Å². The zero-order valence-electron chi connectivity index (χ0n) is 12.2. The van der Waals surface area contributed by atoms with Crippen LogP contribution in [0.25, 0.3) is 0 Å². The van der Waals surface area contributed by atoms with Gasteiger partial charge in [-0.15, -0.1) is 11.3 Å². The van der Waals surface area contributed by atoms with Crippen molar-refractivity contribution in [2.45, 2.75) is 46.2 Å². The second-order valence-corrected chi connectivity index (χ2v) is 6.40. The minimum Gasteiger partial charge on any atom is -0.342 e. The zero-order valence-corrected chi connectivity index (χ0v) is 13.0. The van der Waals surface area contributed by atoms with Crippen molar-refractivity contribution in [2.24, 2.45) is 5.92 Å². The maximum Gasteiger partial charge on any atom is 0.246 e. The number of carbonyl (C=O) groups excluding carboxylic acids is 2. The lowest BCUT2D eigenvalue weighted by Crippen LogP contribution is -2.59. The third kappa shape index (κ3) is 3.17. The van der Waals surface area contributed by atoms with Gasteiger partial charge in [0.1, 0.15) is 17.6 Å². The molecule has 1 N–H and O–H groups in total. The van der Waals surface area contributed by atoms with Crippen LogP contribution in [0.15, 0.2) is 6.20 Å². The number of aryl methyl sites for hydroxylation is 1.